The number of nitrogens with zero attached hydrogens (tertiary/aromatic N) is 2. The second kappa shape index (κ2) is 8.36. The molecule has 29 heavy (non-hydrogen) atoms. The molecule has 1 aromatic heterocycles. The van der Waals surface area contributed by atoms with Gasteiger partial charge in [0.05, 0.1) is 5.75 Å². The van der Waals surface area contributed by atoms with E-state index in [0.29, 0.717) is 5.03 Å². The summed E-state index contributed by atoms with van der Waals surface area (Å²) in [5.41, 5.74) is 1.94. The van der Waals surface area contributed by atoms with E-state index in [2.05, 4.69) is 15.5 Å². The normalized spacial score (nSPS) is 10.8. The van der Waals surface area contributed by atoms with Crippen LogP contribution in [0.1, 0.15) is 0 Å². The first kappa shape index (κ1) is 19.0. The van der Waals surface area contributed by atoms with E-state index in [1.54, 1.807) is 0 Å². The van der Waals surface area contributed by atoms with E-state index in [0.717, 1.165) is 34.2 Å². The molecular formula is C22H15F2N3OS. The Morgan fingerprint density at radius 3 is 2.34 bits per heavy atom. The highest BCUT2D eigenvalue weighted by Gasteiger charge is 2.13. The Hall–Kier alpha value is -3.32. The number of benzene rings is 3. The minimum Gasteiger partial charge on any atom is -0.325 e. The molecule has 7 heteroatoms. The zero-order chi connectivity index (χ0) is 20.2. The summed E-state index contributed by atoms with van der Waals surface area (Å²) in [5.74, 6) is -2.26. The molecule has 0 saturated carbocycles. The fourth-order valence-electron chi connectivity index (χ4n) is 2.90. The third kappa shape index (κ3) is 4.25. The van der Waals surface area contributed by atoms with Gasteiger partial charge in [0.15, 0.2) is 11.6 Å². The number of halogens is 2. The van der Waals surface area contributed by atoms with E-state index in [4.69, 9.17) is 0 Å². The number of nitrogens with one attached hydrogen (secondary N) is 1. The quantitative estimate of drug-likeness (QED) is 0.456. The van der Waals surface area contributed by atoms with Crippen molar-refractivity contribution in [3.63, 3.8) is 0 Å². The Balaban J connectivity index is 1.54. The van der Waals surface area contributed by atoms with E-state index in [1.165, 1.54) is 17.8 Å². The molecule has 0 unspecified atom stereocenters. The molecule has 4 rings (SSSR count). The number of carbonyl (C=O) groups is 1. The first-order chi connectivity index (χ1) is 14.1. The summed E-state index contributed by atoms with van der Waals surface area (Å²) in [6, 6.07) is 20.7. The van der Waals surface area contributed by atoms with Crippen molar-refractivity contribution >= 4 is 34.1 Å². The van der Waals surface area contributed by atoms with Gasteiger partial charge in [-0.1, -0.05) is 66.4 Å². The van der Waals surface area contributed by atoms with Gasteiger partial charge in [-0.05, 0) is 12.1 Å². The van der Waals surface area contributed by atoms with Crippen molar-refractivity contribution in [3.8, 4) is 11.3 Å². The lowest BCUT2D eigenvalue weighted by Gasteiger charge is -2.09. The minimum atomic E-state index is -1.01. The lowest BCUT2D eigenvalue weighted by molar-refractivity contribution is -0.113. The van der Waals surface area contributed by atoms with Crippen LogP contribution < -0.4 is 5.32 Å². The molecule has 1 N–H and O–H groups in total. The minimum absolute atomic E-state index is 0.0579. The average Bonchev–Trinajstić information content (AvgIpc) is 2.75. The highest BCUT2D eigenvalue weighted by atomic mass is 32.2. The van der Waals surface area contributed by atoms with E-state index < -0.39 is 11.6 Å². The van der Waals surface area contributed by atoms with E-state index >= 15 is 0 Å². The van der Waals surface area contributed by atoms with Crippen molar-refractivity contribution in [2.75, 3.05) is 11.1 Å². The van der Waals surface area contributed by atoms with Crippen LogP contribution in [0.15, 0.2) is 77.8 Å². The molecule has 3 aromatic carbocycles. The van der Waals surface area contributed by atoms with Gasteiger partial charge < -0.3 is 5.32 Å². The maximum atomic E-state index is 13.3. The Morgan fingerprint density at radius 2 is 1.59 bits per heavy atom. The van der Waals surface area contributed by atoms with Crippen LogP contribution >= 0.6 is 11.8 Å². The van der Waals surface area contributed by atoms with Crippen LogP contribution in [0, 0.1) is 11.6 Å². The predicted octanol–water partition coefficient (Wildman–Crippen LogP) is 5.31. The lowest BCUT2D eigenvalue weighted by atomic mass is 10.1. The number of amides is 1. The van der Waals surface area contributed by atoms with Crippen molar-refractivity contribution < 1.29 is 13.6 Å². The first-order valence-corrected chi connectivity index (χ1v) is 9.79. The summed E-state index contributed by atoms with van der Waals surface area (Å²) in [7, 11) is 0. The smallest absolute Gasteiger partial charge is 0.234 e. The molecule has 0 radical (unpaired) electrons. The molecule has 0 aliphatic rings. The summed E-state index contributed by atoms with van der Waals surface area (Å²) in [5, 5.41) is 13.7. The summed E-state index contributed by atoms with van der Waals surface area (Å²) in [6.07, 6.45) is 0. The third-order valence-electron chi connectivity index (χ3n) is 4.24. The van der Waals surface area contributed by atoms with Gasteiger partial charge in [-0.25, -0.2) is 8.78 Å². The van der Waals surface area contributed by atoms with Gasteiger partial charge in [0.25, 0.3) is 0 Å². The zero-order valence-corrected chi connectivity index (χ0v) is 15.9. The van der Waals surface area contributed by atoms with Crippen molar-refractivity contribution in [2.24, 2.45) is 0 Å². The van der Waals surface area contributed by atoms with Crippen molar-refractivity contribution in [1.82, 2.24) is 10.2 Å². The molecule has 0 aliphatic heterocycles. The first-order valence-electron chi connectivity index (χ1n) is 8.80. The monoisotopic (exact) mass is 407 g/mol. The summed E-state index contributed by atoms with van der Waals surface area (Å²) in [4.78, 5) is 12.2. The third-order valence-corrected chi connectivity index (χ3v) is 5.23. The highest BCUT2D eigenvalue weighted by Crippen LogP contribution is 2.31. The topological polar surface area (TPSA) is 54.9 Å². The molecule has 1 heterocycles. The Bertz CT molecular complexity index is 1190. The fourth-order valence-corrected chi connectivity index (χ4v) is 3.67. The van der Waals surface area contributed by atoms with Crippen molar-refractivity contribution in [2.45, 2.75) is 5.03 Å². The molecule has 4 nitrogen and oxygen atoms in total. The number of rotatable bonds is 5. The van der Waals surface area contributed by atoms with Gasteiger partial charge in [-0.15, -0.1) is 10.2 Å². The Labute approximate surface area is 170 Å². The maximum Gasteiger partial charge on any atom is 0.234 e. The number of hydrogen-bond donors (Lipinski definition) is 1. The molecule has 0 bridgehead atoms. The average molecular weight is 407 g/mol. The van der Waals surface area contributed by atoms with Crippen molar-refractivity contribution in [3.05, 3.63) is 84.4 Å². The SMILES string of the molecule is O=C(CSc1nnc(-c2ccccc2)c2ccccc12)Nc1ccc(F)c(F)c1. The number of aromatic nitrogens is 2. The van der Waals surface area contributed by atoms with Crippen LogP contribution in [0.5, 0.6) is 0 Å². The van der Waals surface area contributed by atoms with Crippen LogP contribution in [-0.2, 0) is 4.79 Å². The number of carbonyl (C=O) groups excluding carboxylic acids is 1. The maximum absolute atomic E-state index is 13.3. The van der Waals surface area contributed by atoms with E-state index in [9.17, 15) is 13.6 Å². The molecule has 0 atom stereocenters. The Kier molecular flexibility index (Phi) is 5.48. The van der Waals surface area contributed by atoms with Gasteiger partial charge in [-0.2, -0.15) is 0 Å². The molecule has 0 spiro atoms. The predicted molar refractivity (Wildman–Crippen MR) is 111 cm³/mol. The van der Waals surface area contributed by atoms with Crippen molar-refractivity contribution in [1.29, 1.82) is 0 Å². The number of hydrogen-bond acceptors (Lipinski definition) is 4. The zero-order valence-electron chi connectivity index (χ0n) is 15.1. The van der Waals surface area contributed by atoms with Crippen LogP contribution in [0.25, 0.3) is 22.0 Å². The number of thioether (sulfide) groups is 1. The van der Waals surface area contributed by atoms with Gasteiger partial charge >= 0.3 is 0 Å². The summed E-state index contributed by atoms with van der Waals surface area (Å²) >= 11 is 1.24. The van der Waals surface area contributed by atoms with Crippen LogP contribution in [0.2, 0.25) is 0 Å². The number of fused-ring (bicyclic) bond motifs is 1. The van der Waals surface area contributed by atoms with Gasteiger partial charge in [0.2, 0.25) is 5.91 Å². The molecular weight excluding hydrogens is 392 g/mol. The van der Waals surface area contributed by atoms with Crippen LogP contribution in [0.3, 0.4) is 0 Å². The molecule has 0 saturated heterocycles. The standard InChI is InChI=1S/C22H15F2N3OS/c23-18-11-10-15(12-19(18)24)25-20(28)13-29-22-17-9-5-4-8-16(17)21(26-27-22)14-6-2-1-3-7-14/h1-12H,13H2,(H,25,28). The molecule has 4 aromatic rings. The highest BCUT2D eigenvalue weighted by molar-refractivity contribution is 8.00. The lowest BCUT2D eigenvalue weighted by Crippen LogP contribution is -2.14. The van der Waals surface area contributed by atoms with Gasteiger partial charge in [0, 0.05) is 28.1 Å². The van der Waals surface area contributed by atoms with E-state index in [1.807, 2.05) is 54.6 Å². The van der Waals surface area contributed by atoms with Gasteiger partial charge in [-0.3, -0.25) is 4.79 Å². The largest absolute Gasteiger partial charge is 0.325 e. The fraction of sp³-hybridized carbons (Fsp3) is 0.0455. The molecule has 0 aliphatic carbocycles. The van der Waals surface area contributed by atoms with Crippen LogP contribution in [-0.4, -0.2) is 21.9 Å². The second-order valence-electron chi connectivity index (χ2n) is 6.23. The summed E-state index contributed by atoms with van der Waals surface area (Å²) < 4.78 is 26.3. The summed E-state index contributed by atoms with van der Waals surface area (Å²) in [6.45, 7) is 0. The van der Waals surface area contributed by atoms with E-state index in [-0.39, 0.29) is 17.3 Å². The number of anilines is 1. The molecule has 1 amide bonds. The van der Waals surface area contributed by atoms with Crippen LogP contribution in [0.4, 0.5) is 14.5 Å². The second-order valence-corrected chi connectivity index (χ2v) is 7.20. The van der Waals surface area contributed by atoms with Gasteiger partial charge in [0.1, 0.15) is 10.7 Å². The Morgan fingerprint density at radius 1 is 0.862 bits per heavy atom. The molecule has 0 fully saturated rings. The molecule has 144 valence electrons.